The van der Waals surface area contributed by atoms with E-state index >= 15 is 0 Å². The molecule has 5 heteroatoms. The topological polar surface area (TPSA) is 36.8 Å². The molecule has 2 fully saturated rings. The minimum Gasteiger partial charge on any atom is -0.347 e. The molecule has 1 amide bonds. The van der Waals surface area contributed by atoms with Crippen molar-refractivity contribution in [2.45, 2.75) is 38.1 Å². The van der Waals surface area contributed by atoms with E-state index in [1.165, 1.54) is 24.2 Å². The molecule has 0 radical (unpaired) electrons. The van der Waals surface area contributed by atoms with Gasteiger partial charge in [0.1, 0.15) is 0 Å². The number of piperazine rings is 1. The third-order valence-electron chi connectivity index (χ3n) is 4.04. The van der Waals surface area contributed by atoms with Crippen LogP contribution >= 0.6 is 12.2 Å². The first-order chi connectivity index (χ1) is 8.66. The third-order valence-corrected chi connectivity index (χ3v) is 4.48. The van der Waals surface area contributed by atoms with Crippen molar-refractivity contribution in [1.82, 2.24) is 10.2 Å². The van der Waals surface area contributed by atoms with Crippen LogP contribution in [0.5, 0.6) is 0 Å². The molecule has 18 heavy (non-hydrogen) atoms. The van der Waals surface area contributed by atoms with Crippen molar-refractivity contribution >= 4 is 23.1 Å². The van der Waals surface area contributed by atoms with Crippen molar-refractivity contribution in [2.75, 3.05) is 33.2 Å². The van der Waals surface area contributed by atoms with Crippen LogP contribution in [0.25, 0.3) is 0 Å². The predicted octanol–water partition coefficient (Wildman–Crippen LogP) is -0.407. The zero-order valence-corrected chi connectivity index (χ0v) is 12.0. The Morgan fingerprint density at radius 1 is 1.22 bits per heavy atom. The molecule has 0 atom stereocenters. The van der Waals surface area contributed by atoms with E-state index in [1.807, 2.05) is 0 Å². The van der Waals surface area contributed by atoms with Gasteiger partial charge < -0.3 is 15.1 Å². The number of nitrogens with one attached hydrogen (secondary N) is 2. The van der Waals surface area contributed by atoms with Gasteiger partial charge in [0.25, 0.3) is 5.91 Å². The van der Waals surface area contributed by atoms with Crippen LogP contribution in [-0.4, -0.2) is 55.1 Å². The van der Waals surface area contributed by atoms with Gasteiger partial charge in [-0.1, -0.05) is 31.5 Å². The Hall–Kier alpha value is -0.680. The number of nitrogens with zero attached hydrogens (tertiary/aromatic N) is 1. The Labute approximate surface area is 115 Å². The Morgan fingerprint density at radius 3 is 2.44 bits per heavy atom. The number of amides is 1. The van der Waals surface area contributed by atoms with Gasteiger partial charge in [-0.3, -0.25) is 4.79 Å². The molecule has 0 unspecified atom stereocenters. The number of carbonyl (C=O) groups is 1. The van der Waals surface area contributed by atoms with Gasteiger partial charge in [0.2, 0.25) is 0 Å². The Bertz CT molecular complexity index is 307. The van der Waals surface area contributed by atoms with Crippen LogP contribution in [0, 0.1) is 0 Å². The summed E-state index contributed by atoms with van der Waals surface area (Å²) in [4.78, 5) is 16.2. The second-order valence-corrected chi connectivity index (χ2v) is 5.94. The molecule has 102 valence electrons. The fourth-order valence-electron chi connectivity index (χ4n) is 2.73. The molecule has 1 saturated carbocycles. The molecule has 1 aliphatic heterocycles. The molecule has 2 rings (SSSR count). The maximum absolute atomic E-state index is 12.1. The van der Waals surface area contributed by atoms with Gasteiger partial charge in [-0.15, -0.1) is 0 Å². The number of hydrogen-bond acceptors (Lipinski definition) is 2. The zero-order chi connectivity index (χ0) is 13.0. The number of thiocarbonyl (C=S) groups is 1. The summed E-state index contributed by atoms with van der Waals surface area (Å²) in [6.45, 7) is 3.94. The van der Waals surface area contributed by atoms with Crippen LogP contribution < -0.4 is 10.2 Å². The third kappa shape index (κ3) is 3.65. The van der Waals surface area contributed by atoms with E-state index in [0.29, 0.717) is 11.0 Å². The molecule has 0 spiro atoms. The summed E-state index contributed by atoms with van der Waals surface area (Å²) in [5, 5.41) is 3.10. The van der Waals surface area contributed by atoms with E-state index in [-0.39, 0.29) is 5.91 Å². The number of rotatable bonds is 1. The highest BCUT2D eigenvalue weighted by molar-refractivity contribution is 7.82. The van der Waals surface area contributed by atoms with Crippen molar-refractivity contribution in [3.05, 3.63) is 0 Å². The summed E-state index contributed by atoms with van der Waals surface area (Å²) in [5.74, 6) is -0.0311. The van der Waals surface area contributed by atoms with E-state index in [2.05, 4.69) is 17.3 Å². The number of quaternary nitrogens is 1. The monoisotopic (exact) mass is 270 g/mol. The van der Waals surface area contributed by atoms with Gasteiger partial charge in [0.05, 0.1) is 33.2 Å². The zero-order valence-electron chi connectivity index (χ0n) is 11.2. The Kier molecular flexibility index (Phi) is 4.95. The highest BCUT2D eigenvalue weighted by Gasteiger charge is 2.25. The van der Waals surface area contributed by atoms with Crippen molar-refractivity contribution in [1.29, 1.82) is 0 Å². The normalized spacial score (nSPS) is 22.8. The van der Waals surface area contributed by atoms with Crippen molar-refractivity contribution < 1.29 is 9.69 Å². The number of carbonyl (C=O) groups excluding carboxylic acids is 1. The SMILES string of the molecule is C[NH+]1CCN(C(=S)C(=O)NC2CCCCC2)CC1. The molecule has 4 nitrogen and oxygen atoms in total. The molecule has 2 N–H and O–H groups in total. The molecular weight excluding hydrogens is 246 g/mol. The lowest BCUT2D eigenvalue weighted by molar-refractivity contribution is -0.883. The van der Waals surface area contributed by atoms with E-state index in [4.69, 9.17) is 12.2 Å². The summed E-state index contributed by atoms with van der Waals surface area (Å²) < 4.78 is 0. The van der Waals surface area contributed by atoms with Gasteiger partial charge >= 0.3 is 0 Å². The summed E-state index contributed by atoms with van der Waals surface area (Å²) in [5.41, 5.74) is 0. The van der Waals surface area contributed by atoms with Gasteiger partial charge in [-0.05, 0) is 12.8 Å². The van der Waals surface area contributed by atoms with Crippen LogP contribution in [0.1, 0.15) is 32.1 Å². The van der Waals surface area contributed by atoms with Crippen LogP contribution in [0.15, 0.2) is 0 Å². The molecular formula is C13H24N3OS+. The summed E-state index contributed by atoms with van der Waals surface area (Å²) in [6, 6.07) is 0.349. The smallest absolute Gasteiger partial charge is 0.279 e. The standard InChI is InChI=1S/C13H23N3OS/c1-15-7-9-16(10-8-15)13(18)12(17)14-11-5-3-2-4-6-11/h11H,2-10H2,1H3,(H,14,17)/p+1. The first-order valence-corrected chi connectivity index (χ1v) is 7.48. The average molecular weight is 270 g/mol. The fraction of sp³-hybridized carbons (Fsp3) is 0.846. The maximum atomic E-state index is 12.1. The second-order valence-electron chi connectivity index (χ2n) is 5.56. The Balaban J connectivity index is 1.79. The number of likely N-dealkylation sites (N-methyl/N-ethyl adjacent to an activating group) is 1. The molecule has 1 heterocycles. The van der Waals surface area contributed by atoms with Gasteiger partial charge in [0, 0.05) is 6.04 Å². The van der Waals surface area contributed by atoms with Crippen LogP contribution in [-0.2, 0) is 4.79 Å². The van der Waals surface area contributed by atoms with Crippen molar-refractivity contribution in [3.63, 3.8) is 0 Å². The highest BCUT2D eigenvalue weighted by Crippen LogP contribution is 2.17. The largest absolute Gasteiger partial charge is 0.347 e. The molecule has 2 aliphatic rings. The Morgan fingerprint density at radius 2 is 1.83 bits per heavy atom. The molecule has 0 aromatic heterocycles. The van der Waals surface area contributed by atoms with Gasteiger partial charge in [-0.25, -0.2) is 0 Å². The van der Waals surface area contributed by atoms with Gasteiger partial charge in [-0.2, -0.15) is 0 Å². The first kappa shape index (κ1) is 13.7. The van der Waals surface area contributed by atoms with E-state index in [9.17, 15) is 4.79 Å². The first-order valence-electron chi connectivity index (χ1n) is 7.08. The lowest BCUT2D eigenvalue weighted by Gasteiger charge is -2.32. The van der Waals surface area contributed by atoms with E-state index < -0.39 is 0 Å². The summed E-state index contributed by atoms with van der Waals surface area (Å²) in [6.07, 6.45) is 5.99. The fourth-order valence-corrected chi connectivity index (χ4v) is 2.97. The summed E-state index contributed by atoms with van der Waals surface area (Å²) in [7, 11) is 2.18. The average Bonchev–Trinajstić information content (AvgIpc) is 2.40. The van der Waals surface area contributed by atoms with E-state index in [0.717, 1.165) is 39.0 Å². The molecule has 0 bridgehead atoms. The molecule has 1 aliphatic carbocycles. The minimum absolute atomic E-state index is 0.0311. The van der Waals surface area contributed by atoms with E-state index in [1.54, 1.807) is 0 Å². The molecule has 1 saturated heterocycles. The molecule has 0 aromatic carbocycles. The van der Waals surface area contributed by atoms with Crippen LogP contribution in [0.4, 0.5) is 0 Å². The molecule has 0 aromatic rings. The quantitative estimate of drug-likeness (QED) is 0.636. The minimum atomic E-state index is -0.0311. The van der Waals surface area contributed by atoms with Crippen LogP contribution in [0.3, 0.4) is 0 Å². The van der Waals surface area contributed by atoms with Gasteiger partial charge in [0.15, 0.2) is 4.99 Å². The lowest BCUT2D eigenvalue weighted by atomic mass is 9.95. The second kappa shape index (κ2) is 6.48. The lowest BCUT2D eigenvalue weighted by Crippen LogP contribution is -3.12. The summed E-state index contributed by atoms with van der Waals surface area (Å²) >= 11 is 5.31. The van der Waals surface area contributed by atoms with Crippen molar-refractivity contribution in [2.24, 2.45) is 0 Å². The predicted molar refractivity (Wildman–Crippen MR) is 75.8 cm³/mol. The number of hydrogen-bond donors (Lipinski definition) is 2. The highest BCUT2D eigenvalue weighted by atomic mass is 32.1. The van der Waals surface area contributed by atoms with Crippen LogP contribution in [0.2, 0.25) is 0 Å². The maximum Gasteiger partial charge on any atom is 0.279 e. The van der Waals surface area contributed by atoms with Crippen molar-refractivity contribution in [3.8, 4) is 0 Å².